The molecule has 1 saturated heterocycles. The van der Waals surface area contributed by atoms with Crippen LogP contribution in [0.4, 0.5) is 0 Å². The average molecular weight is 434 g/mol. The maximum atomic E-state index is 12.5. The van der Waals surface area contributed by atoms with Crippen molar-refractivity contribution in [3.05, 3.63) is 0 Å². The second-order valence-corrected chi connectivity index (χ2v) is 11.9. The normalized spacial score (nSPS) is 59.0. The molecule has 6 nitrogen and oxygen atoms in total. The Morgan fingerprint density at radius 1 is 1.19 bits per heavy atom. The Bertz CT molecular complexity index is 790. The zero-order valence-corrected chi connectivity index (χ0v) is 19.7. The smallest absolute Gasteiger partial charge is 0.302 e. The van der Waals surface area contributed by atoms with Crippen molar-refractivity contribution >= 4 is 5.97 Å². The van der Waals surface area contributed by atoms with Gasteiger partial charge in [-0.15, -0.1) is 0 Å². The predicted molar refractivity (Wildman–Crippen MR) is 114 cm³/mol. The molecular weight excluding hydrogens is 394 g/mol. The Morgan fingerprint density at radius 2 is 1.97 bits per heavy atom. The molecule has 1 spiro atoms. The monoisotopic (exact) mass is 433 g/mol. The summed E-state index contributed by atoms with van der Waals surface area (Å²) in [6, 6.07) is 0.347. The lowest BCUT2D eigenvalue weighted by molar-refractivity contribution is -0.271. The zero-order chi connectivity index (χ0) is 21.9. The largest absolute Gasteiger partial charge is 0.462 e. The summed E-state index contributed by atoms with van der Waals surface area (Å²) in [4.78, 5) is 14.8. The molecule has 6 heteroatoms. The number of carbonyl (C=O) groups is 1. The van der Waals surface area contributed by atoms with Crippen LogP contribution in [0.5, 0.6) is 0 Å². The number of aliphatic hydroxyl groups is 1. The number of hydrogen-bond donors (Lipinski definition) is 1. The SMILES string of the molecule is CCN1CC2(C)CCC(OC)C34C5CC6C(OC)CC(O)(C(CC23)C14)C5C6OC(C)=O. The van der Waals surface area contributed by atoms with E-state index >= 15 is 0 Å². The Hall–Kier alpha value is -0.690. The van der Waals surface area contributed by atoms with Crippen LogP contribution in [0.15, 0.2) is 0 Å². The van der Waals surface area contributed by atoms with E-state index in [0.29, 0.717) is 24.3 Å². The summed E-state index contributed by atoms with van der Waals surface area (Å²) in [5.74, 6) is 0.979. The maximum Gasteiger partial charge on any atom is 0.302 e. The number of piperidine rings is 1. The van der Waals surface area contributed by atoms with Crippen molar-refractivity contribution in [3.63, 3.8) is 0 Å². The van der Waals surface area contributed by atoms with Crippen LogP contribution in [0, 0.1) is 40.4 Å². The summed E-state index contributed by atoms with van der Waals surface area (Å²) in [6.07, 6.45) is 4.91. The van der Waals surface area contributed by atoms with Crippen LogP contribution in [0.2, 0.25) is 0 Å². The topological polar surface area (TPSA) is 68.2 Å². The van der Waals surface area contributed by atoms with Gasteiger partial charge in [0.05, 0.1) is 17.8 Å². The van der Waals surface area contributed by atoms with E-state index in [2.05, 4.69) is 18.7 Å². The molecule has 31 heavy (non-hydrogen) atoms. The van der Waals surface area contributed by atoms with E-state index in [1.54, 1.807) is 7.11 Å². The Morgan fingerprint density at radius 3 is 2.61 bits per heavy atom. The number of nitrogens with zero attached hydrogens (tertiary/aromatic N) is 1. The molecule has 1 aliphatic heterocycles. The van der Waals surface area contributed by atoms with Crippen LogP contribution < -0.4 is 0 Å². The lowest BCUT2D eigenvalue weighted by Crippen LogP contribution is -2.75. The molecule has 0 aromatic carbocycles. The summed E-state index contributed by atoms with van der Waals surface area (Å²) in [5.41, 5.74) is -0.545. The molecule has 6 fully saturated rings. The van der Waals surface area contributed by atoms with Crippen LogP contribution in [0.1, 0.15) is 52.9 Å². The van der Waals surface area contributed by atoms with Crippen LogP contribution in [-0.2, 0) is 19.0 Å². The van der Waals surface area contributed by atoms with Crippen LogP contribution in [0.3, 0.4) is 0 Å². The number of esters is 1. The number of fused-ring (bicyclic) bond motifs is 2. The lowest BCUT2D eigenvalue weighted by atomic mass is 9.43. The van der Waals surface area contributed by atoms with Gasteiger partial charge >= 0.3 is 5.97 Å². The second kappa shape index (κ2) is 6.46. The highest BCUT2D eigenvalue weighted by molar-refractivity contribution is 5.66. The third-order valence-corrected chi connectivity index (χ3v) is 11.2. The average Bonchev–Trinajstić information content (AvgIpc) is 3.17. The molecule has 6 rings (SSSR count). The highest BCUT2D eigenvalue weighted by Gasteiger charge is 2.83. The van der Waals surface area contributed by atoms with Gasteiger partial charge < -0.3 is 19.3 Å². The second-order valence-electron chi connectivity index (χ2n) is 11.9. The molecule has 0 amide bonds. The van der Waals surface area contributed by atoms with E-state index in [1.807, 2.05) is 7.11 Å². The minimum absolute atomic E-state index is 0.00384. The molecule has 5 saturated carbocycles. The highest BCUT2D eigenvalue weighted by Crippen LogP contribution is 2.79. The quantitative estimate of drug-likeness (QED) is 0.687. The number of ether oxygens (including phenoxy) is 3. The molecule has 0 aromatic rings. The van der Waals surface area contributed by atoms with Gasteiger partial charge in [-0.05, 0) is 49.5 Å². The van der Waals surface area contributed by atoms with Crippen LogP contribution >= 0.6 is 0 Å². The molecule has 0 radical (unpaired) electrons. The summed E-state index contributed by atoms with van der Waals surface area (Å²) < 4.78 is 18.3. The van der Waals surface area contributed by atoms with E-state index in [9.17, 15) is 9.90 Å². The lowest BCUT2D eigenvalue weighted by Gasteiger charge is -2.69. The molecule has 5 aliphatic carbocycles. The van der Waals surface area contributed by atoms with Gasteiger partial charge in [0.1, 0.15) is 6.10 Å². The zero-order valence-electron chi connectivity index (χ0n) is 19.7. The number of carbonyl (C=O) groups excluding carboxylic acids is 1. The van der Waals surface area contributed by atoms with E-state index in [4.69, 9.17) is 14.2 Å². The maximum absolute atomic E-state index is 12.5. The van der Waals surface area contributed by atoms with Crippen molar-refractivity contribution in [2.75, 3.05) is 27.3 Å². The van der Waals surface area contributed by atoms with Crippen LogP contribution in [-0.4, -0.2) is 73.2 Å². The molecule has 174 valence electrons. The predicted octanol–water partition coefficient (Wildman–Crippen LogP) is 2.48. The fourth-order valence-corrected chi connectivity index (χ4v) is 10.7. The molecule has 7 bridgehead atoms. The highest BCUT2D eigenvalue weighted by atomic mass is 16.5. The molecule has 12 atom stereocenters. The summed E-state index contributed by atoms with van der Waals surface area (Å²) in [6.45, 7) is 8.43. The third kappa shape index (κ3) is 2.22. The fourth-order valence-electron chi connectivity index (χ4n) is 10.7. The Kier molecular flexibility index (Phi) is 4.35. The van der Waals surface area contributed by atoms with Crippen LogP contribution in [0.25, 0.3) is 0 Å². The van der Waals surface area contributed by atoms with E-state index in [1.165, 1.54) is 13.3 Å². The van der Waals surface area contributed by atoms with Crippen molar-refractivity contribution in [2.45, 2.75) is 82.8 Å². The van der Waals surface area contributed by atoms with Gasteiger partial charge in [0, 0.05) is 63.3 Å². The van der Waals surface area contributed by atoms with Gasteiger partial charge in [-0.25, -0.2) is 0 Å². The first-order chi connectivity index (χ1) is 14.8. The minimum atomic E-state index is -0.845. The third-order valence-electron chi connectivity index (χ3n) is 11.2. The molecule has 0 aromatic heterocycles. The number of rotatable bonds is 4. The van der Waals surface area contributed by atoms with E-state index in [0.717, 1.165) is 32.4 Å². The van der Waals surface area contributed by atoms with Crippen molar-refractivity contribution in [1.29, 1.82) is 0 Å². The number of likely N-dealkylation sites (tertiary alicyclic amines) is 1. The van der Waals surface area contributed by atoms with Gasteiger partial charge in [-0.1, -0.05) is 13.8 Å². The molecule has 6 aliphatic rings. The summed E-state index contributed by atoms with van der Waals surface area (Å²) in [5, 5.41) is 12.5. The van der Waals surface area contributed by atoms with E-state index in [-0.39, 0.29) is 52.9 Å². The van der Waals surface area contributed by atoms with Gasteiger partial charge in [0.2, 0.25) is 0 Å². The van der Waals surface area contributed by atoms with Gasteiger partial charge in [0.15, 0.2) is 0 Å². The first kappa shape index (κ1) is 20.9. The minimum Gasteiger partial charge on any atom is -0.462 e. The van der Waals surface area contributed by atoms with Crippen molar-refractivity contribution < 1.29 is 24.1 Å². The standard InChI is InChI=1S/C25H39NO5/c1-6-26-12-23(3)8-7-19(30-5)25-15-9-14-17(29-4)11-24(28,16(22(25)26)10-18(23)25)20(15)21(14)31-13(2)27/h14-22,28H,6-12H2,1-5H3. The number of hydrogen-bond acceptors (Lipinski definition) is 6. The van der Waals surface area contributed by atoms with Crippen molar-refractivity contribution in [3.8, 4) is 0 Å². The van der Waals surface area contributed by atoms with Gasteiger partial charge in [-0.2, -0.15) is 0 Å². The Balaban J connectivity index is 1.57. The number of methoxy groups -OCH3 is 2. The van der Waals surface area contributed by atoms with Crippen molar-refractivity contribution in [2.24, 2.45) is 40.4 Å². The van der Waals surface area contributed by atoms with Gasteiger partial charge in [-0.3, -0.25) is 9.69 Å². The first-order valence-corrected chi connectivity index (χ1v) is 12.5. The Labute approximate surface area is 186 Å². The molecule has 1 N–H and O–H groups in total. The summed E-state index contributed by atoms with van der Waals surface area (Å²) >= 11 is 0. The molecule has 1 heterocycles. The fraction of sp³-hybridized carbons (Fsp3) is 0.960. The van der Waals surface area contributed by atoms with Crippen molar-refractivity contribution in [1.82, 2.24) is 4.90 Å². The first-order valence-electron chi connectivity index (χ1n) is 12.5. The van der Waals surface area contributed by atoms with E-state index < -0.39 is 5.60 Å². The molecule has 12 unspecified atom stereocenters. The molecular formula is C25H39NO5. The summed E-state index contributed by atoms with van der Waals surface area (Å²) in [7, 11) is 3.65. The van der Waals surface area contributed by atoms with Gasteiger partial charge in [0.25, 0.3) is 0 Å².